The second kappa shape index (κ2) is 18.4. The predicted octanol–water partition coefficient (Wildman–Crippen LogP) is 9.64. The first-order chi connectivity index (χ1) is 20.8. The SMILES string of the molecule is CCCCC/C=C\C/C=C\CCCCCCCC(=O)OC1CC(C)(C)c2cc(C#Cc3ccc(C(=O)O)cn3)ccc2S1. The fourth-order valence-electron chi connectivity index (χ4n) is 5.03. The average Bonchev–Trinajstić information content (AvgIpc) is 2.98. The van der Waals surface area contributed by atoms with Crippen LogP contribution in [0.1, 0.15) is 131 Å². The zero-order valence-electron chi connectivity index (χ0n) is 26.1. The van der Waals surface area contributed by atoms with Gasteiger partial charge in [0.15, 0.2) is 5.44 Å². The number of carbonyl (C=O) groups excluding carboxylic acids is 1. The zero-order chi connectivity index (χ0) is 30.9. The number of pyridine rings is 1. The first kappa shape index (κ1) is 34.2. The van der Waals surface area contributed by atoms with Crippen LogP contribution in [-0.2, 0) is 14.9 Å². The maximum absolute atomic E-state index is 12.6. The van der Waals surface area contributed by atoms with Crippen LogP contribution in [0.5, 0.6) is 0 Å². The van der Waals surface area contributed by atoms with Crippen LogP contribution in [-0.4, -0.2) is 27.5 Å². The lowest BCUT2D eigenvalue weighted by atomic mass is 9.80. The molecule has 6 heteroatoms. The van der Waals surface area contributed by atoms with E-state index in [1.807, 2.05) is 12.1 Å². The molecule has 1 atom stereocenters. The van der Waals surface area contributed by atoms with Gasteiger partial charge in [-0.1, -0.05) is 94.9 Å². The summed E-state index contributed by atoms with van der Waals surface area (Å²) in [6.07, 6.45) is 24.5. The van der Waals surface area contributed by atoms with E-state index in [0.29, 0.717) is 12.1 Å². The number of carboxylic acids is 1. The predicted molar refractivity (Wildman–Crippen MR) is 176 cm³/mol. The van der Waals surface area contributed by atoms with E-state index in [1.54, 1.807) is 17.8 Å². The summed E-state index contributed by atoms with van der Waals surface area (Å²) in [6.45, 7) is 6.59. The van der Waals surface area contributed by atoms with Gasteiger partial charge in [-0.15, -0.1) is 0 Å². The van der Waals surface area contributed by atoms with Gasteiger partial charge in [0.25, 0.3) is 0 Å². The molecule has 0 saturated carbocycles. The Balaban J connectivity index is 1.35. The number of hydrogen-bond acceptors (Lipinski definition) is 5. The summed E-state index contributed by atoms with van der Waals surface area (Å²) in [5.74, 6) is 5.04. The van der Waals surface area contributed by atoms with Crippen molar-refractivity contribution in [3.8, 4) is 11.8 Å². The van der Waals surface area contributed by atoms with Gasteiger partial charge in [0.05, 0.1) is 5.56 Å². The lowest BCUT2D eigenvalue weighted by Gasteiger charge is -2.36. The van der Waals surface area contributed by atoms with Crippen LogP contribution in [0.2, 0.25) is 0 Å². The van der Waals surface area contributed by atoms with Crippen molar-refractivity contribution in [3.05, 3.63) is 83.2 Å². The van der Waals surface area contributed by atoms with Gasteiger partial charge in [0.1, 0.15) is 5.69 Å². The van der Waals surface area contributed by atoms with E-state index in [-0.39, 0.29) is 22.4 Å². The molecule has 230 valence electrons. The summed E-state index contributed by atoms with van der Waals surface area (Å²) < 4.78 is 5.90. The molecular weight excluding hydrogens is 554 g/mol. The second-order valence-corrected chi connectivity index (χ2v) is 13.0. The molecular formula is C37H47NO4S. The standard InChI is InChI=1S/C37H47NO4S/c1-4-5-6-7-8-9-10-11-12-13-14-15-16-17-18-19-34(39)42-35-27-37(2,3)32-26-29(21-25-33(32)43-35)20-23-31-24-22-30(28-38-31)36(40)41/h8-9,11-12,21-22,24-26,28,35H,4-7,10,13-19,27H2,1-3H3,(H,40,41)/b9-8-,12-11-. The van der Waals surface area contributed by atoms with Crippen LogP contribution in [0, 0.1) is 11.8 Å². The fourth-order valence-corrected chi connectivity index (χ4v) is 6.58. The Morgan fingerprint density at radius 2 is 1.70 bits per heavy atom. The largest absolute Gasteiger partial charge is 0.478 e. The van der Waals surface area contributed by atoms with E-state index in [9.17, 15) is 9.59 Å². The molecule has 1 unspecified atom stereocenters. The van der Waals surface area contributed by atoms with E-state index in [1.165, 1.54) is 56.4 Å². The summed E-state index contributed by atoms with van der Waals surface area (Å²) in [5, 5.41) is 9.03. The molecule has 0 amide bonds. The normalized spacial score (nSPS) is 15.7. The number of nitrogens with zero attached hydrogens (tertiary/aromatic N) is 1. The number of carboxylic acid groups (broad SMARTS) is 1. The summed E-state index contributed by atoms with van der Waals surface area (Å²) in [7, 11) is 0. The second-order valence-electron chi connectivity index (χ2n) is 11.8. The lowest BCUT2D eigenvalue weighted by molar-refractivity contribution is -0.145. The van der Waals surface area contributed by atoms with Crippen LogP contribution >= 0.6 is 11.8 Å². The number of allylic oxidation sites excluding steroid dienone is 4. The number of aromatic carboxylic acids is 1. The summed E-state index contributed by atoms with van der Waals surface area (Å²) in [5.41, 5.74) is 2.37. The minimum absolute atomic E-state index is 0.105. The van der Waals surface area contributed by atoms with Crippen molar-refractivity contribution in [1.29, 1.82) is 0 Å². The van der Waals surface area contributed by atoms with Crippen LogP contribution < -0.4 is 0 Å². The van der Waals surface area contributed by atoms with Crippen molar-refractivity contribution in [2.24, 2.45) is 0 Å². The highest BCUT2D eigenvalue weighted by molar-refractivity contribution is 7.99. The number of aromatic nitrogens is 1. The van der Waals surface area contributed by atoms with Gasteiger partial charge in [-0.05, 0) is 85.8 Å². The van der Waals surface area contributed by atoms with Gasteiger partial charge >= 0.3 is 11.9 Å². The quantitative estimate of drug-likeness (QED) is 0.0893. The number of ether oxygens (including phenoxy) is 1. The van der Waals surface area contributed by atoms with Crippen molar-refractivity contribution in [1.82, 2.24) is 4.98 Å². The minimum atomic E-state index is -1.01. The molecule has 2 heterocycles. The highest BCUT2D eigenvalue weighted by atomic mass is 32.2. The molecule has 0 fully saturated rings. The average molecular weight is 602 g/mol. The third-order valence-corrected chi connectivity index (χ3v) is 8.72. The van der Waals surface area contributed by atoms with Crippen LogP contribution in [0.15, 0.2) is 65.7 Å². The van der Waals surface area contributed by atoms with Gasteiger partial charge in [0, 0.05) is 29.5 Å². The van der Waals surface area contributed by atoms with E-state index < -0.39 is 5.97 Å². The molecule has 43 heavy (non-hydrogen) atoms. The third kappa shape index (κ3) is 12.5. The Morgan fingerprint density at radius 3 is 2.40 bits per heavy atom. The molecule has 1 aliphatic heterocycles. The van der Waals surface area contributed by atoms with E-state index >= 15 is 0 Å². The monoisotopic (exact) mass is 601 g/mol. The molecule has 5 nitrogen and oxygen atoms in total. The van der Waals surface area contributed by atoms with Crippen molar-refractivity contribution in [2.45, 2.75) is 120 Å². The smallest absolute Gasteiger partial charge is 0.337 e. The molecule has 3 rings (SSSR count). The Labute approximate surface area is 262 Å². The Bertz CT molecular complexity index is 1300. The lowest BCUT2D eigenvalue weighted by Crippen LogP contribution is -2.31. The van der Waals surface area contributed by atoms with Gasteiger partial charge in [-0.25, -0.2) is 9.78 Å². The number of carbonyl (C=O) groups is 2. The molecule has 1 aromatic heterocycles. The van der Waals surface area contributed by atoms with Crippen LogP contribution in [0.4, 0.5) is 0 Å². The van der Waals surface area contributed by atoms with E-state index in [2.05, 4.69) is 68.0 Å². The van der Waals surface area contributed by atoms with Crippen LogP contribution in [0.25, 0.3) is 0 Å². The Kier molecular flexibility index (Phi) is 14.6. The number of fused-ring (bicyclic) bond motifs is 1. The number of hydrogen-bond donors (Lipinski definition) is 1. The molecule has 0 spiro atoms. The number of thioether (sulfide) groups is 1. The van der Waals surface area contributed by atoms with Crippen molar-refractivity contribution >= 4 is 23.7 Å². The van der Waals surface area contributed by atoms with E-state index in [0.717, 1.165) is 49.0 Å². The van der Waals surface area contributed by atoms with Gasteiger partial charge in [-0.3, -0.25) is 4.79 Å². The van der Waals surface area contributed by atoms with Gasteiger partial charge in [-0.2, -0.15) is 0 Å². The number of benzene rings is 1. The molecule has 0 saturated heterocycles. The molecule has 0 aliphatic carbocycles. The maximum Gasteiger partial charge on any atom is 0.337 e. The molecule has 0 radical (unpaired) electrons. The van der Waals surface area contributed by atoms with Crippen LogP contribution in [0.3, 0.4) is 0 Å². The van der Waals surface area contributed by atoms with Gasteiger partial charge in [0.2, 0.25) is 0 Å². The molecule has 1 aromatic carbocycles. The maximum atomic E-state index is 12.6. The first-order valence-electron chi connectivity index (χ1n) is 15.8. The van der Waals surface area contributed by atoms with Crippen molar-refractivity contribution in [2.75, 3.05) is 0 Å². The third-order valence-electron chi connectivity index (χ3n) is 7.58. The Hall–Kier alpha value is -3.30. The van der Waals surface area contributed by atoms with Crippen molar-refractivity contribution in [3.63, 3.8) is 0 Å². The molecule has 1 N–H and O–H groups in total. The molecule has 0 bridgehead atoms. The van der Waals surface area contributed by atoms with E-state index in [4.69, 9.17) is 9.84 Å². The number of esters is 1. The number of rotatable bonds is 16. The summed E-state index contributed by atoms with van der Waals surface area (Å²) in [4.78, 5) is 28.8. The Morgan fingerprint density at radius 1 is 0.977 bits per heavy atom. The first-order valence-corrected chi connectivity index (χ1v) is 16.7. The topological polar surface area (TPSA) is 76.5 Å². The molecule has 1 aliphatic rings. The summed E-state index contributed by atoms with van der Waals surface area (Å²) >= 11 is 1.61. The minimum Gasteiger partial charge on any atom is -0.478 e. The molecule has 2 aromatic rings. The zero-order valence-corrected chi connectivity index (χ0v) is 26.9. The van der Waals surface area contributed by atoms with Crippen molar-refractivity contribution < 1.29 is 19.4 Å². The highest BCUT2D eigenvalue weighted by Crippen LogP contribution is 2.46. The highest BCUT2D eigenvalue weighted by Gasteiger charge is 2.35. The van der Waals surface area contributed by atoms with Gasteiger partial charge < -0.3 is 9.84 Å². The summed E-state index contributed by atoms with van der Waals surface area (Å²) in [6, 6.07) is 9.23. The number of unbranched alkanes of at least 4 members (excludes halogenated alkanes) is 8. The fraction of sp³-hybridized carbons (Fsp3) is 0.486.